The Labute approximate surface area is 113 Å². The summed E-state index contributed by atoms with van der Waals surface area (Å²) in [4.78, 5) is 26.6. The Hall–Kier alpha value is -2.40. The van der Waals surface area contributed by atoms with Gasteiger partial charge in [-0.15, -0.1) is 0 Å². The first-order valence-electron chi connectivity index (χ1n) is 5.32. The van der Waals surface area contributed by atoms with E-state index in [0.29, 0.717) is 10.6 Å². The van der Waals surface area contributed by atoms with Crippen molar-refractivity contribution < 1.29 is 14.7 Å². The molecule has 1 aromatic heterocycles. The summed E-state index contributed by atoms with van der Waals surface area (Å²) in [6, 6.07) is 9.04. The third-order valence-corrected chi connectivity index (χ3v) is 2.57. The highest BCUT2D eigenvalue weighted by atomic mass is 35.5. The maximum Gasteiger partial charge on any atom is 0.335 e. The van der Waals surface area contributed by atoms with Gasteiger partial charge in [-0.3, -0.25) is 4.79 Å². The Balaban J connectivity index is 2.19. The Morgan fingerprint density at radius 1 is 1.16 bits per heavy atom. The average molecular weight is 277 g/mol. The van der Waals surface area contributed by atoms with Gasteiger partial charge in [-0.1, -0.05) is 17.7 Å². The van der Waals surface area contributed by atoms with Crippen LogP contribution >= 0.6 is 11.6 Å². The molecule has 0 radical (unpaired) electrons. The summed E-state index contributed by atoms with van der Waals surface area (Å²) in [7, 11) is 0. The summed E-state index contributed by atoms with van der Waals surface area (Å²) in [6.45, 7) is 0. The van der Waals surface area contributed by atoms with E-state index < -0.39 is 11.9 Å². The number of aromatic nitrogens is 1. The Morgan fingerprint density at radius 2 is 1.95 bits per heavy atom. The van der Waals surface area contributed by atoms with Crippen molar-refractivity contribution in [2.24, 2.45) is 0 Å². The fourth-order valence-corrected chi connectivity index (χ4v) is 1.64. The van der Waals surface area contributed by atoms with Crippen LogP contribution in [-0.4, -0.2) is 22.0 Å². The lowest BCUT2D eigenvalue weighted by Crippen LogP contribution is -2.13. The molecule has 5 nitrogen and oxygen atoms in total. The van der Waals surface area contributed by atoms with Gasteiger partial charge >= 0.3 is 5.97 Å². The van der Waals surface area contributed by atoms with E-state index in [2.05, 4.69) is 10.3 Å². The lowest BCUT2D eigenvalue weighted by molar-refractivity contribution is 0.0696. The molecular weight excluding hydrogens is 268 g/mol. The van der Waals surface area contributed by atoms with Crippen molar-refractivity contribution in [1.29, 1.82) is 0 Å². The molecule has 0 saturated heterocycles. The zero-order valence-electron chi connectivity index (χ0n) is 9.63. The van der Waals surface area contributed by atoms with Gasteiger partial charge in [0.15, 0.2) is 0 Å². The van der Waals surface area contributed by atoms with Gasteiger partial charge in [0.2, 0.25) is 0 Å². The molecule has 2 rings (SSSR count). The van der Waals surface area contributed by atoms with Gasteiger partial charge < -0.3 is 10.4 Å². The van der Waals surface area contributed by atoms with Crippen LogP contribution in [0.25, 0.3) is 0 Å². The molecule has 96 valence electrons. The number of nitrogens with zero attached hydrogens (tertiary/aromatic N) is 1. The number of aromatic carboxylic acids is 1. The molecule has 0 fully saturated rings. The predicted octanol–water partition coefficient (Wildman–Crippen LogP) is 2.69. The molecule has 1 heterocycles. The van der Waals surface area contributed by atoms with Crippen LogP contribution in [0.1, 0.15) is 20.7 Å². The Kier molecular flexibility index (Phi) is 3.77. The Morgan fingerprint density at radius 3 is 2.63 bits per heavy atom. The van der Waals surface area contributed by atoms with Gasteiger partial charge in [0.1, 0.15) is 5.82 Å². The van der Waals surface area contributed by atoms with Gasteiger partial charge in [0.05, 0.1) is 5.56 Å². The van der Waals surface area contributed by atoms with Crippen molar-refractivity contribution in [3.63, 3.8) is 0 Å². The van der Waals surface area contributed by atoms with Crippen LogP contribution in [0.5, 0.6) is 0 Å². The van der Waals surface area contributed by atoms with Gasteiger partial charge in [0.25, 0.3) is 5.91 Å². The molecule has 0 saturated carbocycles. The number of benzene rings is 1. The molecule has 2 aromatic rings. The summed E-state index contributed by atoms with van der Waals surface area (Å²) in [5, 5.41) is 11.8. The summed E-state index contributed by atoms with van der Waals surface area (Å²) >= 11 is 5.79. The minimum Gasteiger partial charge on any atom is -0.478 e. The fourth-order valence-electron chi connectivity index (χ4n) is 1.45. The number of rotatable bonds is 3. The van der Waals surface area contributed by atoms with Gasteiger partial charge in [0, 0.05) is 16.8 Å². The smallest absolute Gasteiger partial charge is 0.335 e. The van der Waals surface area contributed by atoms with Gasteiger partial charge in [-0.05, 0) is 30.3 Å². The maximum atomic E-state index is 11.9. The van der Waals surface area contributed by atoms with Crippen LogP contribution < -0.4 is 5.32 Å². The molecule has 0 spiro atoms. The van der Waals surface area contributed by atoms with E-state index in [4.69, 9.17) is 16.7 Å². The SMILES string of the molecule is O=C(O)c1ccnc(NC(=O)c2cccc(Cl)c2)c1. The number of halogens is 1. The molecule has 0 aliphatic rings. The molecule has 1 aromatic carbocycles. The van der Waals surface area contributed by atoms with Gasteiger partial charge in [-0.25, -0.2) is 9.78 Å². The molecule has 19 heavy (non-hydrogen) atoms. The fraction of sp³-hybridized carbons (Fsp3) is 0. The number of hydrogen-bond acceptors (Lipinski definition) is 3. The normalized spacial score (nSPS) is 9.95. The van der Waals surface area contributed by atoms with Crippen molar-refractivity contribution >= 4 is 29.3 Å². The first-order chi connectivity index (χ1) is 9.06. The van der Waals surface area contributed by atoms with Crippen LogP contribution in [0.15, 0.2) is 42.6 Å². The summed E-state index contributed by atoms with van der Waals surface area (Å²) in [5.41, 5.74) is 0.423. The lowest BCUT2D eigenvalue weighted by atomic mass is 10.2. The van der Waals surface area contributed by atoms with E-state index in [-0.39, 0.29) is 11.4 Å². The van der Waals surface area contributed by atoms with E-state index in [1.54, 1.807) is 18.2 Å². The topological polar surface area (TPSA) is 79.3 Å². The highest BCUT2D eigenvalue weighted by molar-refractivity contribution is 6.31. The largest absolute Gasteiger partial charge is 0.478 e. The van der Waals surface area contributed by atoms with E-state index in [9.17, 15) is 9.59 Å². The molecule has 0 atom stereocenters. The van der Waals surface area contributed by atoms with Gasteiger partial charge in [-0.2, -0.15) is 0 Å². The molecule has 0 aliphatic carbocycles. The van der Waals surface area contributed by atoms with Crippen LogP contribution in [0.2, 0.25) is 5.02 Å². The van der Waals surface area contributed by atoms with Crippen molar-refractivity contribution in [2.75, 3.05) is 5.32 Å². The molecule has 2 N–H and O–H groups in total. The van der Waals surface area contributed by atoms with Crippen molar-refractivity contribution in [3.05, 3.63) is 58.7 Å². The molecule has 0 bridgehead atoms. The summed E-state index contributed by atoms with van der Waals surface area (Å²) in [6.07, 6.45) is 1.32. The molecular formula is C13H9ClN2O3. The minimum absolute atomic E-state index is 0.0522. The lowest BCUT2D eigenvalue weighted by Gasteiger charge is -2.05. The second kappa shape index (κ2) is 5.49. The number of pyridine rings is 1. The maximum absolute atomic E-state index is 11.9. The zero-order valence-corrected chi connectivity index (χ0v) is 10.4. The van der Waals surface area contributed by atoms with Crippen LogP contribution in [0, 0.1) is 0 Å². The quantitative estimate of drug-likeness (QED) is 0.903. The van der Waals surface area contributed by atoms with E-state index in [1.807, 2.05) is 0 Å². The Bertz CT molecular complexity index is 643. The molecule has 1 amide bonds. The third-order valence-electron chi connectivity index (χ3n) is 2.34. The standard InChI is InChI=1S/C13H9ClN2O3/c14-10-3-1-2-8(6-10)12(17)16-11-7-9(13(18)19)4-5-15-11/h1-7H,(H,18,19)(H,15,16,17). The summed E-state index contributed by atoms with van der Waals surface area (Å²) < 4.78 is 0. The van der Waals surface area contributed by atoms with E-state index >= 15 is 0 Å². The molecule has 0 aliphatic heterocycles. The number of hydrogen-bond donors (Lipinski definition) is 2. The number of carbonyl (C=O) groups is 2. The zero-order chi connectivity index (χ0) is 13.8. The number of carboxylic acid groups (broad SMARTS) is 1. The highest BCUT2D eigenvalue weighted by Crippen LogP contribution is 2.13. The second-order valence-corrected chi connectivity index (χ2v) is 4.14. The first-order valence-corrected chi connectivity index (χ1v) is 5.70. The van der Waals surface area contributed by atoms with Crippen molar-refractivity contribution in [3.8, 4) is 0 Å². The number of carboxylic acids is 1. The second-order valence-electron chi connectivity index (χ2n) is 3.70. The van der Waals surface area contributed by atoms with Crippen LogP contribution in [0.4, 0.5) is 5.82 Å². The summed E-state index contributed by atoms with van der Waals surface area (Å²) in [5.74, 6) is -1.32. The van der Waals surface area contributed by atoms with Crippen molar-refractivity contribution in [2.45, 2.75) is 0 Å². The number of amides is 1. The van der Waals surface area contributed by atoms with Crippen LogP contribution in [-0.2, 0) is 0 Å². The molecule has 0 unspecified atom stereocenters. The van der Waals surface area contributed by atoms with E-state index in [0.717, 1.165) is 0 Å². The first kappa shape index (κ1) is 13.0. The number of nitrogens with one attached hydrogen (secondary N) is 1. The third kappa shape index (κ3) is 3.29. The predicted molar refractivity (Wildman–Crippen MR) is 70.6 cm³/mol. The van der Waals surface area contributed by atoms with E-state index in [1.165, 1.54) is 24.4 Å². The molecule has 6 heteroatoms. The number of anilines is 1. The highest BCUT2D eigenvalue weighted by Gasteiger charge is 2.09. The van der Waals surface area contributed by atoms with Crippen molar-refractivity contribution in [1.82, 2.24) is 4.98 Å². The number of carbonyl (C=O) groups excluding carboxylic acids is 1. The monoisotopic (exact) mass is 276 g/mol. The minimum atomic E-state index is -1.08. The van der Waals surface area contributed by atoms with Crippen LogP contribution in [0.3, 0.4) is 0 Å². The average Bonchev–Trinajstić information content (AvgIpc) is 2.39.